The lowest BCUT2D eigenvalue weighted by atomic mass is 9.74. The van der Waals surface area contributed by atoms with Gasteiger partial charge < -0.3 is 10.2 Å². The van der Waals surface area contributed by atoms with Gasteiger partial charge in [0, 0.05) is 25.0 Å². The summed E-state index contributed by atoms with van der Waals surface area (Å²) >= 11 is 0. The van der Waals surface area contributed by atoms with Crippen LogP contribution < -0.4 is 5.32 Å². The lowest BCUT2D eigenvalue weighted by Crippen LogP contribution is -2.63. The molecule has 0 aromatic heterocycles. The molecule has 2 heterocycles. The van der Waals surface area contributed by atoms with E-state index in [9.17, 15) is 4.79 Å². The van der Waals surface area contributed by atoms with Gasteiger partial charge in [0.2, 0.25) is 5.91 Å². The fraction of sp³-hybridized carbons (Fsp3) is 0.533. The zero-order valence-electron chi connectivity index (χ0n) is 10.7. The van der Waals surface area contributed by atoms with Crippen molar-refractivity contribution in [2.24, 2.45) is 5.41 Å². The third kappa shape index (κ3) is 2.27. The number of carbonyl (C=O) groups excluding carboxylic acids is 1. The standard InChI is InChI=1S/C15H20N2O/c18-14(9-13-5-2-1-3-6-13)17-11-15(12-17)7-4-8-16-10-15/h1-3,5-6,16H,4,7-12H2. The first-order valence-electron chi connectivity index (χ1n) is 6.80. The number of nitrogens with zero attached hydrogens (tertiary/aromatic N) is 1. The van der Waals surface area contributed by atoms with Gasteiger partial charge in [-0.25, -0.2) is 0 Å². The fourth-order valence-electron chi connectivity index (χ4n) is 3.12. The molecule has 3 nitrogen and oxygen atoms in total. The number of amides is 1. The van der Waals surface area contributed by atoms with Gasteiger partial charge in [-0.15, -0.1) is 0 Å². The second-order valence-electron chi connectivity index (χ2n) is 5.69. The normalized spacial score (nSPS) is 21.7. The SMILES string of the molecule is O=C(Cc1ccccc1)N1CC2(CCCNC2)C1. The van der Waals surface area contributed by atoms with Crippen molar-refractivity contribution in [1.29, 1.82) is 0 Å². The van der Waals surface area contributed by atoms with Crippen molar-refractivity contribution in [1.82, 2.24) is 10.2 Å². The molecule has 1 amide bonds. The number of rotatable bonds is 2. The van der Waals surface area contributed by atoms with Gasteiger partial charge in [0.25, 0.3) is 0 Å². The molecule has 2 fully saturated rings. The van der Waals surface area contributed by atoms with Crippen LogP contribution in [0.5, 0.6) is 0 Å². The Bertz CT molecular complexity index is 415. The molecule has 0 atom stereocenters. The molecule has 1 spiro atoms. The highest BCUT2D eigenvalue weighted by atomic mass is 16.2. The van der Waals surface area contributed by atoms with E-state index in [1.807, 2.05) is 35.2 Å². The van der Waals surface area contributed by atoms with E-state index >= 15 is 0 Å². The van der Waals surface area contributed by atoms with Gasteiger partial charge in [0.15, 0.2) is 0 Å². The number of likely N-dealkylation sites (tertiary alicyclic amines) is 1. The zero-order chi connectivity index (χ0) is 12.4. The van der Waals surface area contributed by atoms with Gasteiger partial charge in [0.05, 0.1) is 6.42 Å². The van der Waals surface area contributed by atoms with E-state index in [2.05, 4.69) is 5.32 Å². The second kappa shape index (κ2) is 4.73. The predicted molar refractivity (Wildman–Crippen MR) is 71.3 cm³/mol. The van der Waals surface area contributed by atoms with E-state index in [0.29, 0.717) is 11.8 Å². The first-order chi connectivity index (χ1) is 8.77. The first-order valence-corrected chi connectivity index (χ1v) is 6.80. The number of nitrogens with one attached hydrogen (secondary N) is 1. The van der Waals surface area contributed by atoms with Crippen LogP contribution in [0.1, 0.15) is 18.4 Å². The van der Waals surface area contributed by atoms with E-state index in [1.165, 1.54) is 12.8 Å². The maximum absolute atomic E-state index is 12.1. The van der Waals surface area contributed by atoms with E-state index in [1.54, 1.807) is 0 Å². The maximum atomic E-state index is 12.1. The van der Waals surface area contributed by atoms with Crippen LogP contribution >= 0.6 is 0 Å². The summed E-state index contributed by atoms with van der Waals surface area (Å²) < 4.78 is 0. The van der Waals surface area contributed by atoms with Gasteiger partial charge in [0.1, 0.15) is 0 Å². The van der Waals surface area contributed by atoms with Crippen LogP contribution in [0.2, 0.25) is 0 Å². The lowest BCUT2D eigenvalue weighted by Gasteiger charge is -2.52. The quantitative estimate of drug-likeness (QED) is 0.854. The molecule has 3 heteroatoms. The van der Waals surface area contributed by atoms with Crippen LogP contribution in [-0.2, 0) is 11.2 Å². The average molecular weight is 244 g/mol. The van der Waals surface area contributed by atoms with Crippen LogP contribution in [-0.4, -0.2) is 37.0 Å². The van der Waals surface area contributed by atoms with E-state index < -0.39 is 0 Å². The Morgan fingerprint density at radius 2 is 2.06 bits per heavy atom. The van der Waals surface area contributed by atoms with E-state index in [0.717, 1.165) is 31.7 Å². The highest BCUT2D eigenvalue weighted by molar-refractivity contribution is 5.79. The summed E-state index contributed by atoms with van der Waals surface area (Å²) in [5, 5.41) is 3.45. The molecular weight excluding hydrogens is 224 g/mol. The number of benzene rings is 1. The summed E-state index contributed by atoms with van der Waals surface area (Å²) in [6, 6.07) is 10.0. The van der Waals surface area contributed by atoms with Gasteiger partial charge >= 0.3 is 0 Å². The maximum Gasteiger partial charge on any atom is 0.227 e. The van der Waals surface area contributed by atoms with E-state index in [-0.39, 0.29) is 5.91 Å². The lowest BCUT2D eigenvalue weighted by molar-refractivity contribution is -0.143. The Kier molecular flexibility index (Phi) is 3.08. The van der Waals surface area contributed by atoms with Crippen molar-refractivity contribution in [3.8, 4) is 0 Å². The first kappa shape index (κ1) is 11.7. The van der Waals surface area contributed by atoms with Gasteiger partial charge in [-0.3, -0.25) is 4.79 Å². The minimum Gasteiger partial charge on any atom is -0.341 e. The second-order valence-corrected chi connectivity index (χ2v) is 5.69. The van der Waals surface area contributed by atoms with Crippen molar-refractivity contribution in [3.05, 3.63) is 35.9 Å². The number of piperidine rings is 1. The van der Waals surface area contributed by atoms with Crippen LogP contribution in [0, 0.1) is 5.41 Å². The highest BCUT2D eigenvalue weighted by Gasteiger charge is 2.45. The molecule has 1 aromatic rings. The molecule has 18 heavy (non-hydrogen) atoms. The molecule has 96 valence electrons. The molecular formula is C15H20N2O. The summed E-state index contributed by atoms with van der Waals surface area (Å²) in [5.74, 6) is 0.275. The average Bonchev–Trinajstić information content (AvgIpc) is 2.38. The summed E-state index contributed by atoms with van der Waals surface area (Å²) in [7, 11) is 0. The smallest absolute Gasteiger partial charge is 0.227 e. The minimum absolute atomic E-state index is 0.275. The summed E-state index contributed by atoms with van der Waals surface area (Å²) in [6.07, 6.45) is 3.07. The molecule has 1 N–H and O–H groups in total. The Morgan fingerprint density at radius 1 is 1.28 bits per heavy atom. The molecule has 1 aromatic carbocycles. The van der Waals surface area contributed by atoms with Crippen LogP contribution in [0.25, 0.3) is 0 Å². The predicted octanol–water partition coefficient (Wildman–Crippen LogP) is 1.44. The molecule has 0 radical (unpaired) electrons. The fourth-order valence-corrected chi connectivity index (χ4v) is 3.12. The third-order valence-electron chi connectivity index (χ3n) is 4.16. The molecule has 0 unspecified atom stereocenters. The van der Waals surface area contributed by atoms with Crippen molar-refractivity contribution >= 4 is 5.91 Å². The van der Waals surface area contributed by atoms with Crippen LogP contribution in [0.4, 0.5) is 0 Å². The molecule has 0 saturated carbocycles. The van der Waals surface area contributed by atoms with Crippen molar-refractivity contribution in [2.75, 3.05) is 26.2 Å². The minimum atomic E-state index is 0.275. The van der Waals surface area contributed by atoms with Gasteiger partial charge in [-0.1, -0.05) is 30.3 Å². The Balaban J connectivity index is 1.53. The Hall–Kier alpha value is -1.35. The molecule has 2 saturated heterocycles. The largest absolute Gasteiger partial charge is 0.341 e. The Morgan fingerprint density at radius 3 is 2.72 bits per heavy atom. The number of hydrogen-bond donors (Lipinski definition) is 1. The zero-order valence-corrected chi connectivity index (χ0v) is 10.7. The Labute approximate surface area is 108 Å². The van der Waals surface area contributed by atoms with Crippen molar-refractivity contribution < 1.29 is 4.79 Å². The van der Waals surface area contributed by atoms with Gasteiger partial charge in [-0.2, -0.15) is 0 Å². The third-order valence-corrected chi connectivity index (χ3v) is 4.16. The van der Waals surface area contributed by atoms with Gasteiger partial charge in [-0.05, 0) is 24.9 Å². The monoisotopic (exact) mass is 244 g/mol. The number of hydrogen-bond acceptors (Lipinski definition) is 2. The molecule has 0 bridgehead atoms. The van der Waals surface area contributed by atoms with E-state index in [4.69, 9.17) is 0 Å². The van der Waals surface area contributed by atoms with Crippen LogP contribution in [0.15, 0.2) is 30.3 Å². The topological polar surface area (TPSA) is 32.3 Å². The molecule has 0 aliphatic carbocycles. The van der Waals surface area contributed by atoms with Crippen molar-refractivity contribution in [3.63, 3.8) is 0 Å². The summed E-state index contributed by atoms with van der Waals surface area (Å²) in [5.41, 5.74) is 1.51. The number of carbonyl (C=O) groups is 1. The van der Waals surface area contributed by atoms with Crippen molar-refractivity contribution in [2.45, 2.75) is 19.3 Å². The highest BCUT2D eigenvalue weighted by Crippen LogP contribution is 2.36. The van der Waals surface area contributed by atoms with Crippen LogP contribution in [0.3, 0.4) is 0 Å². The summed E-state index contributed by atoms with van der Waals surface area (Å²) in [4.78, 5) is 14.1. The molecule has 2 aliphatic heterocycles. The summed E-state index contributed by atoms with van der Waals surface area (Å²) in [6.45, 7) is 4.12. The molecule has 2 aliphatic rings. The molecule has 3 rings (SSSR count).